The van der Waals surface area contributed by atoms with Crippen molar-refractivity contribution in [2.75, 3.05) is 4.90 Å². The maximum absolute atomic E-state index is 12.1. The Morgan fingerprint density at radius 2 is 2.00 bits per heavy atom. The minimum Gasteiger partial charge on any atom is -0.441 e. The van der Waals surface area contributed by atoms with Crippen molar-refractivity contribution < 1.29 is 9.21 Å². The van der Waals surface area contributed by atoms with Crippen LogP contribution in [-0.4, -0.2) is 21.0 Å². The number of hydrogen-bond donors (Lipinski definition) is 1. The summed E-state index contributed by atoms with van der Waals surface area (Å²) in [4.78, 5) is 26.3. The quantitative estimate of drug-likeness (QED) is 0.591. The van der Waals surface area contributed by atoms with E-state index in [-0.39, 0.29) is 12.4 Å². The van der Waals surface area contributed by atoms with Gasteiger partial charge in [0.1, 0.15) is 11.0 Å². The number of hydrogen-bond acceptors (Lipinski definition) is 5. The van der Waals surface area contributed by atoms with Crippen molar-refractivity contribution in [1.82, 2.24) is 15.0 Å². The van der Waals surface area contributed by atoms with Crippen molar-refractivity contribution in [3.8, 4) is 0 Å². The molecule has 0 aliphatic carbocycles. The monoisotopic (exact) mass is 355 g/mol. The molecule has 0 aliphatic rings. The van der Waals surface area contributed by atoms with Crippen molar-refractivity contribution >= 4 is 51.9 Å². The number of aromatic nitrogens is 3. The fourth-order valence-corrected chi connectivity index (χ4v) is 2.67. The Morgan fingerprint density at radius 1 is 1.16 bits per heavy atom. The Balaban J connectivity index is 0.00000182. The molecule has 0 spiro atoms. The van der Waals surface area contributed by atoms with Gasteiger partial charge in [-0.25, -0.2) is 19.7 Å². The molecule has 1 aromatic carbocycles. The van der Waals surface area contributed by atoms with Crippen LogP contribution < -0.4 is 10.6 Å². The molecule has 0 atom stereocenters. The van der Waals surface area contributed by atoms with E-state index in [1.807, 2.05) is 18.2 Å². The number of oxazole rings is 1. The summed E-state index contributed by atoms with van der Waals surface area (Å²) in [7, 11) is 0. The molecule has 2 amide bonds. The fourth-order valence-electron chi connectivity index (χ4n) is 2.67. The average Bonchev–Trinajstić information content (AvgIpc) is 2.94. The maximum atomic E-state index is 12.1. The highest BCUT2D eigenvalue weighted by molar-refractivity contribution is 6.05. The molecule has 4 aromatic rings. The Morgan fingerprint density at radius 3 is 2.80 bits per heavy atom. The number of urea groups is 1. The van der Waals surface area contributed by atoms with Gasteiger partial charge in [-0.2, -0.15) is 0 Å². The van der Waals surface area contributed by atoms with Crippen LogP contribution in [-0.2, 0) is 0 Å². The minimum atomic E-state index is -0.656. The second kappa shape index (κ2) is 6.37. The molecule has 8 heteroatoms. The van der Waals surface area contributed by atoms with Gasteiger partial charge in [-0.05, 0) is 24.3 Å². The highest BCUT2D eigenvalue weighted by Gasteiger charge is 2.20. The lowest BCUT2D eigenvalue weighted by Gasteiger charge is -2.20. The van der Waals surface area contributed by atoms with Gasteiger partial charge >= 0.3 is 6.03 Å². The van der Waals surface area contributed by atoms with E-state index in [1.54, 1.807) is 37.5 Å². The van der Waals surface area contributed by atoms with Crippen LogP contribution in [0.4, 0.5) is 16.3 Å². The van der Waals surface area contributed by atoms with Crippen LogP contribution in [0.15, 0.2) is 53.2 Å². The van der Waals surface area contributed by atoms with Gasteiger partial charge in [0.25, 0.3) is 0 Å². The van der Waals surface area contributed by atoms with E-state index < -0.39 is 6.03 Å². The summed E-state index contributed by atoms with van der Waals surface area (Å²) in [6.45, 7) is 1.77. The van der Waals surface area contributed by atoms with Crippen molar-refractivity contribution in [3.05, 3.63) is 54.7 Å². The Labute approximate surface area is 148 Å². The maximum Gasteiger partial charge on any atom is 0.325 e. The first kappa shape index (κ1) is 16.7. The highest BCUT2D eigenvalue weighted by Crippen LogP contribution is 2.31. The summed E-state index contributed by atoms with van der Waals surface area (Å²) in [5.74, 6) is 0.925. The number of benzene rings is 1. The van der Waals surface area contributed by atoms with E-state index in [0.717, 1.165) is 5.39 Å². The third kappa shape index (κ3) is 2.85. The van der Waals surface area contributed by atoms with Crippen LogP contribution >= 0.6 is 12.4 Å². The number of nitrogens with two attached hydrogens (primary N) is 1. The number of pyridine rings is 2. The largest absolute Gasteiger partial charge is 0.441 e. The molecule has 0 radical (unpaired) electrons. The Hall–Kier alpha value is -3.19. The van der Waals surface area contributed by atoms with Crippen molar-refractivity contribution in [2.45, 2.75) is 6.92 Å². The van der Waals surface area contributed by atoms with Gasteiger partial charge in [-0.15, -0.1) is 12.4 Å². The normalized spacial score (nSPS) is 10.6. The molecule has 3 heterocycles. The summed E-state index contributed by atoms with van der Waals surface area (Å²) in [6.07, 6.45) is 3.27. The number of aryl methyl sites for hydroxylation is 1. The molecule has 0 saturated heterocycles. The van der Waals surface area contributed by atoms with Gasteiger partial charge in [0.15, 0.2) is 17.3 Å². The lowest BCUT2D eigenvalue weighted by Crippen LogP contribution is -2.32. The molecule has 0 fully saturated rings. The van der Waals surface area contributed by atoms with Crippen LogP contribution in [0.25, 0.3) is 22.0 Å². The number of amides is 2. The van der Waals surface area contributed by atoms with Crippen molar-refractivity contribution in [3.63, 3.8) is 0 Å². The summed E-state index contributed by atoms with van der Waals surface area (Å²) < 4.78 is 5.54. The van der Waals surface area contributed by atoms with Gasteiger partial charge in [0, 0.05) is 30.8 Å². The predicted molar refractivity (Wildman–Crippen MR) is 97.3 cm³/mol. The number of carbonyl (C=O) groups is 1. The zero-order chi connectivity index (χ0) is 16.7. The van der Waals surface area contributed by atoms with Gasteiger partial charge in [0.05, 0.1) is 5.69 Å². The summed E-state index contributed by atoms with van der Waals surface area (Å²) >= 11 is 0. The van der Waals surface area contributed by atoms with Crippen LogP contribution in [0.2, 0.25) is 0 Å². The number of rotatable bonds is 2. The second-order valence-electron chi connectivity index (χ2n) is 5.27. The lowest BCUT2D eigenvalue weighted by molar-refractivity contribution is 0.256. The van der Waals surface area contributed by atoms with Gasteiger partial charge in [-0.1, -0.05) is 6.07 Å². The molecule has 0 unspecified atom stereocenters. The van der Waals surface area contributed by atoms with Crippen LogP contribution in [0.1, 0.15) is 5.89 Å². The van der Waals surface area contributed by atoms with Crippen LogP contribution in [0, 0.1) is 6.92 Å². The van der Waals surface area contributed by atoms with E-state index in [9.17, 15) is 4.79 Å². The van der Waals surface area contributed by atoms with E-state index >= 15 is 0 Å². The topological polar surface area (TPSA) is 98.1 Å². The molecular weight excluding hydrogens is 342 g/mol. The number of primary amides is 1. The smallest absolute Gasteiger partial charge is 0.325 e. The molecule has 0 aliphatic heterocycles. The number of halogens is 1. The predicted octanol–water partition coefficient (Wildman–Crippen LogP) is 3.72. The average molecular weight is 356 g/mol. The Bertz CT molecular complexity index is 1070. The minimum absolute atomic E-state index is 0. The first-order valence-corrected chi connectivity index (χ1v) is 7.30. The number of carbonyl (C=O) groups excluding carboxylic acids is 1. The van der Waals surface area contributed by atoms with E-state index in [1.165, 1.54) is 4.90 Å². The molecule has 7 nitrogen and oxygen atoms in total. The van der Waals surface area contributed by atoms with Gasteiger partial charge in [0.2, 0.25) is 0 Å². The SMILES string of the molecule is Cc1nc2ccc(N(C(N)=O)c3nccc4cccnc34)cc2o1.Cl. The molecule has 2 N–H and O–H groups in total. The van der Waals surface area contributed by atoms with Gasteiger partial charge < -0.3 is 10.2 Å². The first-order valence-electron chi connectivity index (χ1n) is 7.30. The van der Waals surface area contributed by atoms with E-state index in [2.05, 4.69) is 15.0 Å². The third-order valence-electron chi connectivity index (χ3n) is 3.67. The molecular formula is C17H14ClN5O2. The number of nitrogens with zero attached hydrogens (tertiary/aromatic N) is 4. The summed E-state index contributed by atoms with van der Waals surface area (Å²) in [5, 5.41) is 0.866. The summed E-state index contributed by atoms with van der Waals surface area (Å²) in [5.41, 5.74) is 8.03. The van der Waals surface area contributed by atoms with Crippen LogP contribution in [0.3, 0.4) is 0 Å². The zero-order valence-corrected chi connectivity index (χ0v) is 14.0. The highest BCUT2D eigenvalue weighted by atomic mass is 35.5. The molecule has 126 valence electrons. The van der Waals surface area contributed by atoms with E-state index in [4.69, 9.17) is 10.2 Å². The van der Waals surface area contributed by atoms with Crippen molar-refractivity contribution in [2.24, 2.45) is 5.73 Å². The Kier molecular flexibility index (Phi) is 4.24. The molecule has 3 aromatic heterocycles. The third-order valence-corrected chi connectivity index (χ3v) is 3.67. The van der Waals surface area contributed by atoms with Crippen LogP contribution in [0.5, 0.6) is 0 Å². The first-order chi connectivity index (χ1) is 11.6. The molecule has 4 rings (SSSR count). The summed E-state index contributed by atoms with van der Waals surface area (Å²) in [6, 6.07) is 10.1. The standard InChI is InChI=1S/C17H13N5O2.ClH/c1-10-21-13-5-4-12(9-14(13)24-10)22(17(18)23)16-15-11(6-8-20-16)3-2-7-19-15;/h2-9H,1H3,(H2,18,23);1H. The zero-order valence-electron chi connectivity index (χ0n) is 13.2. The molecule has 25 heavy (non-hydrogen) atoms. The number of fused-ring (bicyclic) bond motifs is 2. The number of anilines is 2. The molecule has 0 saturated carbocycles. The van der Waals surface area contributed by atoms with E-state index in [0.29, 0.717) is 34.0 Å². The van der Waals surface area contributed by atoms with Crippen molar-refractivity contribution in [1.29, 1.82) is 0 Å². The second-order valence-corrected chi connectivity index (χ2v) is 5.27. The fraction of sp³-hybridized carbons (Fsp3) is 0.0588. The molecule has 0 bridgehead atoms. The van der Waals surface area contributed by atoms with Gasteiger partial charge in [-0.3, -0.25) is 4.98 Å². The lowest BCUT2D eigenvalue weighted by atomic mass is 10.2.